The number of likely N-dealkylation sites (tertiary alicyclic amines) is 1. The lowest BCUT2D eigenvalue weighted by Gasteiger charge is -2.20. The van der Waals surface area contributed by atoms with E-state index in [1.54, 1.807) is 12.4 Å². The number of nitrogens with one attached hydrogen (secondary N) is 1. The van der Waals surface area contributed by atoms with Gasteiger partial charge < -0.3 is 21.7 Å². The summed E-state index contributed by atoms with van der Waals surface area (Å²) in [5, 5.41) is 16.1. The second kappa shape index (κ2) is 13.3. The first-order chi connectivity index (χ1) is 16.4. The van der Waals surface area contributed by atoms with Crippen LogP contribution in [-0.4, -0.2) is 59.6 Å². The molecular formula is C24H31N9O. The molecule has 1 aromatic carbocycles. The van der Waals surface area contributed by atoms with Crippen molar-refractivity contribution in [2.45, 2.75) is 19.3 Å². The number of urea groups is 1. The van der Waals surface area contributed by atoms with Gasteiger partial charge in [-0.2, -0.15) is 15.0 Å². The minimum Gasteiger partial charge on any atom is -0.383 e. The van der Waals surface area contributed by atoms with E-state index < -0.39 is 6.03 Å². The number of pyridine rings is 1. The van der Waals surface area contributed by atoms with E-state index in [1.807, 2.05) is 36.4 Å². The first-order valence-electron chi connectivity index (χ1n) is 10.8. The van der Waals surface area contributed by atoms with Crippen molar-refractivity contribution in [2.24, 2.45) is 16.5 Å². The van der Waals surface area contributed by atoms with Gasteiger partial charge in [-0.25, -0.2) is 9.79 Å². The molecule has 10 heteroatoms. The number of aromatic nitrogens is 3. The molecular weight excluding hydrogens is 430 g/mol. The summed E-state index contributed by atoms with van der Waals surface area (Å²) in [4.78, 5) is 20.3. The van der Waals surface area contributed by atoms with Gasteiger partial charge in [0, 0.05) is 29.8 Å². The SMILES string of the molecule is C=Nc1c(-c2cnc3ccccc3c2)cnn1/C(N)=C/C#N.CN1CCCCC1.CNC(N)=O. The number of benzene rings is 1. The number of carbonyl (C=O) groups is 1. The first kappa shape index (κ1) is 26.0. The summed E-state index contributed by atoms with van der Waals surface area (Å²) in [7, 11) is 3.67. The fraction of sp³-hybridized carbons (Fsp3) is 0.292. The van der Waals surface area contributed by atoms with Gasteiger partial charge in [0.25, 0.3) is 0 Å². The van der Waals surface area contributed by atoms with Gasteiger partial charge in [0.05, 0.1) is 23.9 Å². The molecule has 1 saturated heterocycles. The van der Waals surface area contributed by atoms with Crippen molar-refractivity contribution in [1.29, 1.82) is 5.26 Å². The van der Waals surface area contributed by atoms with Gasteiger partial charge in [-0.15, -0.1) is 0 Å². The van der Waals surface area contributed by atoms with Gasteiger partial charge >= 0.3 is 6.03 Å². The van der Waals surface area contributed by atoms with E-state index >= 15 is 0 Å². The van der Waals surface area contributed by atoms with E-state index in [-0.39, 0.29) is 5.82 Å². The number of nitriles is 1. The number of hydrogen-bond donors (Lipinski definition) is 3. The highest BCUT2D eigenvalue weighted by Crippen LogP contribution is 2.32. The monoisotopic (exact) mass is 461 g/mol. The summed E-state index contributed by atoms with van der Waals surface area (Å²) in [5.74, 6) is 0.658. The third-order valence-corrected chi connectivity index (χ3v) is 5.08. The van der Waals surface area contributed by atoms with Crippen LogP contribution in [0.2, 0.25) is 0 Å². The summed E-state index contributed by atoms with van der Waals surface area (Å²) in [6.45, 7) is 6.20. The first-order valence-corrected chi connectivity index (χ1v) is 10.8. The summed E-state index contributed by atoms with van der Waals surface area (Å²) < 4.78 is 1.38. The molecule has 0 unspecified atom stereocenters. The van der Waals surface area contributed by atoms with E-state index in [1.165, 1.54) is 50.2 Å². The molecule has 3 aromatic rings. The van der Waals surface area contributed by atoms with Crippen molar-refractivity contribution in [1.82, 2.24) is 25.0 Å². The van der Waals surface area contributed by atoms with Crippen molar-refractivity contribution in [2.75, 3.05) is 27.2 Å². The van der Waals surface area contributed by atoms with Gasteiger partial charge in [-0.3, -0.25) is 4.98 Å². The minimum absolute atomic E-state index is 0.185. The van der Waals surface area contributed by atoms with Crippen molar-refractivity contribution in [3.05, 3.63) is 48.8 Å². The summed E-state index contributed by atoms with van der Waals surface area (Å²) in [6, 6.07) is 11.2. The Labute approximate surface area is 199 Å². The fourth-order valence-corrected chi connectivity index (χ4v) is 3.28. The number of nitrogens with two attached hydrogens (primary N) is 2. The van der Waals surface area contributed by atoms with Crippen molar-refractivity contribution < 1.29 is 4.79 Å². The molecule has 1 aliphatic rings. The predicted octanol–water partition coefficient (Wildman–Crippen LogP) is 3.10. The van der Waals surface area contributed by atoms with Crippen LogP contribution in [-0.2, 0) is 0 Å². The second-order valence-corrected chi connectivity index (χ2v) is 7.54. The second-order valence-electron chi connectivity index (χ2n) is 7.54. The molecule has 0 radical (unpaired) electrons. The molecule has 10 nitrogen and oxygen atoms in total. The Morgan fingerprint density at radius 1 is 1.24 bits per heavy atom. The quantitative estimate of drug-likeness (QED) is 0.403. The Balaban J connectivity index is 0.000000280. The molecule has 3 heterocycles. The highest BCUT2D eigenvalue weighted by molar-refractivity contribution is 5.86. The topological polar surface area (TPSA) is 151 Å². The molecule has 178 valence electrons. The third-order valence-electron chi connectivity index (χ3n) is 5.08. The zero-order valence-electron chi connectivity index (χ0n) is 19.6. The number of para-hydroxylation sites is 1. The molecule has 4 rings (SSSR count). The average Bonchev–Trinajstić information content (AvgIpc) is 3.29. The van der Waals surface area contributed by atoms with Crippen molar-refractivity contribution in [3.63, 3.8) is 0 Å². The number of primary amides is 1. The lowest BCUT2D eigenvalue weighted by molar-refractivity contribution is 0.251. The molecule has 1 fully saturated rings. The maximum Gasteiger partial charge on any atom is 0.311 e. The molecule has 0 atom stereocenters. The van der Waals surface area contributed by atoms with Crippen LogP contribution in [0.1, 0.15) is 19.3 Å². The van der Waals surface area contributed by atoms with Crippen LogP contribution in [0.4, 0.5) is 10.6 Å². The van der Waals surface area contributed by atoms with E-state index in [2.05, 4.69) is 44.8 Å². The standard InChI is InChI=1S/C16H12N6.C6H13N.C2H6N2O/c1-19-16-13(10-21-22(16)15(18)6-7-17)12-8-11-4-2-3-5-14(11)20-9-12;1-7-5-3-2-4-6-7;1-4-2(3)5/h2-6,8-10H,1,18H2;2-6H2,1H3;1H3,(H3,3,4,5)/b15-6+;;. The number of allylic oxidation sites excluding steroid dienone is 1. The van der Waals surface area contributed by atoms with E-state index in [0.29, 0.717) is 5.82 Å². The molecule has 0 bridgehead atoms. The van der Waals surface area contributed by atoms with Crippen LogP contribution in [0.5, 0.6) is 0 Å². The number of hydrogen-bond acceptors (Lipinski definition) is 7. The van der Waals surface area contributed by atoms with Gasteiger partial charge in [0.2, 0.25) is 0 Å². The van der Waals surface area contributed by atoms with Crippen LogP contribution in [0.3, 0.4) is 0 Å². The maximum absolute atomic E-state index is 9.48. The maximum atomic E-state index is 9.48. The molecule has 2 aromatic heterocycles. The molecule has 5 N–H and O–H groups in total. The van der Waals surface area contributed by atoms with E-state index in [0.717, 1.165) is 22.0 Å². The molecule has 0 spiro atoms. The highest BCUT2D eigenvalue weighted by Gasteiger charge is 2.13. The largest absolute Gasteiger partial charge is 0.383 e. The van der Waals surface area contributed by atoms with Crippen LogP contribution in [0, 0.1) is 11.3 Å². The number of amides is 2. The zero-order chi connectivity index (χ0) is 24.9. The van der Waals surface area contributed by atoms with Crippen LogP contribution >= 0.6 is 0 Å². The molecule has 34 heavy (non-hydrogen) atoms. The van der Waals surface area contributed by atoms with Gasteiger partial charge in [-0.05, 0) is 51.8 Å². The number of rotatable bonds is 3. The number of piperidine rings is 1. The van der Waals surface area contributed by atoms with Gasteiger partial charge in [0.15, 0.2) is 5.82 Å². The summed E-state index contributed by atoms with van der Waals surface area (Å²) in [5.41, 5.74) is 12.9. The molecule has 2 amide bonds. The predicted molar refractivity (Wildman–Crippen MR) is 136 cm³/mol. The van der Waals surface area contributed by atoms with Crippen molar-refractivity contribution in [3.8, 4) is 17.2 Å². The lowest BCUT2D eigenvalue weighted by atomic mass is 10.1. The fourth-order valence-electron chi connectivity index (χ4n) is 3.28. The van der Waals surface area contributed by atoms with Crippen molar-refractivity contribution >= 4 is 35.3 Å². The Kier molecular flexibility index (Phi) is 10.2. The molecule has 0 saturated carbocycles. The normalized spacial score (nSPS) is 13.5. The number of nitrogens with zero attached hydrogens (tertiary/aromatic N) is 6. The van der Waals surface area contributed by atoms with Crippen LogP contribution < -0.4 is 16.8 Å². The van der Waals surface area contributed by atoms with Crippen LogP contribution in [0.15, 0.2) is 53.8 Å². The van der Waals surface area contributed by atoms with Crippen LogP contribution in [0.25, 0.3) is 27.9 Å². The zero-order valence-corrected chi connectivity index (χ0v) is 19.6. The smallest absolute Gasteiger partial charge is 0.311 e. The molecule has 0 aliphatic carbocycles. The molecule has 1 aliphatic heterocycles. The van der Waals surface area contributed by atoms with Gasteiger partial charge in [-0.1, -0.05) is 24.6 Å². The van der Waals surface area contributed by atoms with E-state index in [4.69, 9.17) is 11.0 Å². The Morgan fingerprint density at radius 3 is 2.47 bits per heavy atom. The van der Waals surface area contributed by atoms with Gasteiger partial charge in [0.1, 0.15) is 5.82 Å². The summed E-state index contributed by atoms with van der Waals surface area (Å²) >= 11 is 0. The number of fused-ring (bicyclic) bond motifs is 1. The average molecular weight is 462 g/mol. The lowest BCUT2D eigenvalue weighted by Crippen LogP contribution is -2.24. The Morgan fingerprint density at radius 2 is 1.91 bits per heavy atom. The number of carbonyl (C=O) groups excluding carboxylic acids is 1. The summed E-state index contributed by atoms with van der Waals surface area (Å²) in [6.07, 6.45) is 8.86. The van der Waals surface area contributed by atoms with E-state index in [9.17, 15) is 4.79 Å². The number of aliphatic imine (C=N–C) groups is 1. The minimum atomic E-state index is -0.495. The Bertz CT molecular complexity index is 1170. The Hall–Kier alpha value is -4.23. The third kappa shape index (κ3) is 7.43. The highest BCUT2D eigenvalue weighted by atomic mass is 16.2.